The first-order valence-electron chi connectivity index (χ1n) is 10.6. The summed E-state index contributed by atoms with van der Waals surface area (Å²) in [5, 5.41) is 22.7. The van der Waals surface area contributed by atoms with Crippen LogP contribution in [0.4, 0.5) is 0 Å². The third-order valence-corrected chi connectivity index (χ3v) is 6.09. The van der Waals surface area contributed by atoms with Crippen molar-refractivity contribution in [2.24, 2.45) is 0 Å². The summed E-state index contributed by atoms with van der Waals surface area (Å²) in [6, 6.07) is 15.9. The molecule has 1 saturated heterocycles. The van der Waals surface area contributed by atoms with Gasteiger partial charge < -0.3 is 29.3 Å². The SMILES string of the molecule is O=C(O)c1cc(C(=O)O)cc(-c2ccc([C@@H]3[C@@H](c4ccccn4)NC(=S)N3Cc3ccco3)o2)c1. The minimum atomic E-state index is -1.23. The second-order valence-electron chi connectivity index (χ2n) is 7.95. The Balaban J connectivity index is 1.56. The molecule has 1 aromatic carbocycles. The van der Waals surface area contributed by atoms with E-state index in [9.17, 15) is 19.8 Å². The summed E-state index contributed by atoms with van der Waals surface area (Å²) in [5.41, 5.74) is 0.814. The lowest BCUT2D eigenvalue weighted by Crippen LogP contribution is -2.28. The van der Waals surface area contributed by atoms with Gasteiger partial charge >= 0.3 is 11.9 Å². The van der Waals surface area contributed by atoms with Crippen LogP contribution in [0.25, 0.3) is 11.3 Å². The van der Waals surface area contributed by atoms with E-state index in [4.69, 9.17) is 21.1 Å². The van der Waals surface area contributed by atoms with Crippen LogP contribution in [-0.2, 0) is 6.54 Å². The van der Waals surface area contributed by atoms with E-state index in [2.05, 4.69) is 10.3 Å². The average molecular weight is 490 g/mol. The normalized spacial score (nSPS) is 17.4. The molecule has 9 nitrogen and oxygen atoms in total. The molecule has 4 heterocycles. The summed E-state index contributed by atoms with van der Waals surface area (Å²) >= 11 is 5.63. The molecule has 176 valence electrons. The van der Waals surface area contributed by atoms with E-state index in [-0.39, 0.29) is 17.2 Å². The molecule has 1 aliphatic heterocycles. The molecule has 0 amide bonds. The molecular weight excluding hydrogens is 470 g/mol. The van der Waals surface area contributed by atoms with Gasteiger partial charge in [0.25, 0.3) is 0 Å². The number of thiocarbonyl (C=S) groups is 1. The zero-order valence-electron chi connectivity index (χ0n) is 18.1. The largest absolute Gasteiger partial charge is 0.478 e. The Morgan fingerprint density at radius 3 is 2.43 bits per heavy atom. The minimum Gasteiger partial charge on any atom is -0.478 e. The van der Waals surface area contributed by atoms with E-state index < -0.39 is 18.0 Å². The number of aromatic nitrogens is 1. The molecule has 3 N–H and O–H groups in total. The smallest absolute Gasteiger partial charge is 0.335 e. The van der Waals surface area contributed by atoms with Crippen molar-refractivity contribution in [3.8, 4) is 11.3 Å². The lowest BCUT2D eigenvalue weighted by Gasteiger charge is -2.25. The summed E-state index contributed by atoms with van der Waals surface area (Å²) in [5.74, 6) is -0.862. The number of hydrogen-bond donors (Lipinski definition) is 3. The molecular formula is C25H19N3O6S. The summed E-state index contributed by atoms with van der Waals surface area (Å²) < 4.78 is 11.7. The van der Waals surface area contributed by atoms with Gasteiger partial charge in [-0.05, 0) is 66.8 Å². The quantitative estimate of drug-likeness (QED) is 0.319. The fourth-order valence-electron chi connectivity index (χ4n) is 4.14. The molecule has 2 atom stereocenters. The summed E-state index contributed by atoms with van der Waals surface area (Å²) in [6.45, 7) is 0.389. The van der Waals surface area contributed by atoms with Gasteiger partial charge in [0.2, 0.25) is 0 Å². The highest BCUT2D eigenvalue weighted by molar-refractivity contribution is 7.80. The van der Waals surface area contributed by atoms with Crippen molar-refractivity contribution >= 4 is 29.3 Å². The molecule has 0 saturated carbocycles. The highest BCUT2D eigenvalue weighted by atomic mass is 32.1. The predicted octanol–water partition coefficient (Wildman–Crippen LogP) is 4.50. The third-order valence-electron chi connectivity index (χ3n) is 5.73. The molecule has 1 fully saturated rings. The van der Waals surface area contributed by atoms with Gasteiger partial charge in [0, 0.05) is 11.8 Å². The molecule has 1 aliphatic rings. The van der Waals surface area contributed by atoms with E-state index in [1.807, 2.05) is 29.2 Å². The van der Waals surface area contributed by atoms with Crippen molar-refractivity contribution < 1.29 is 28.6 Å². The van der Waals surface area contributed by atoms with Crippen molar-refractivity contribution in [3.05, 3.63) is 101 Å². The fourth-order valence-corrected chi connectivity index (χ4v) is 4.44. The van der Waals surface area contributed by atoms with Crippen molar-refractivity contribution in [2.45, 2.75) is 18.6 Å². The number of furan rings is 2. The lowest BCUT2D eigenvalue weighted by molar-refractivity contribution is 0.0696. The predicted molar refractivity (Wildman–Crippen MR) is 128 cm³/mol. The van der Waals surface area contributed by atoms with E-state index in [1.54, 1.807) is 30.7 Å². The van der Waals surface area contributed by atoms with Gasteiger partial charge in [0.15, 0.2) is 5.11 Å². The molecule has 5 rings (SSSR count). The Hall–Kier alpha value is -4.44. The maximum atomic E-state index is 11.5. The molecule has 10 heteroatoms. The van der Waals surface area contributed by atoms with Crippen molar-refractivity contribution in [1.82, 2.24) is 15.2 Å². The highest BCUT2D eigenvalue weighted by Gasteiger charge is 2.42. The van der Waals surface area contributed by atoms with E-state index in [0.29, 0.717) is 34.5 Å². The topological polar surface area (TPSA) is 129 Å². The summed E-state index contributed by atoms with van der Waals surface area (Å²) in [7, 11) is 0. The van der Waals surface area contributed by atoms with Crippen LogP contribution in [0.15, 0.2) is 82.0 Å². The number of pyridine rings is 1. The van der Waals surface area contributed by atoms with Crippen LogP contribution in [0.3, 0.4) is 0 Å². The molecule has 3 aromatic heterocycles. The number of carboxylic acid groups (broad SMARTS) is 2. The monoisotopic (exact) mass is 489 g/mol. The van der Waals surface area contributed by atoms with Crippen molar-refractivity contribution in [1.29, 1.82) is 0 Å². The van der Waals surface area contributed by atoms with Crippen LogP contribution in [0, 0.1) is 0 Å². The van der Waals surface area contributed by atoms with Crippen LogP contribution < -0.4 is 5.32 Å². The Kier molecular flexibility index (Phi) is 5.79. The van der Waals surface area contributed by atoms with Gasteiger partial charge in [-0.15, -0.1) is 0 Å². The Morgan fingerprint density at radius 1 is 1.03 bits per heavy atom. The van der Waals surface area contributed by atoms with Crippen LogP contribution >= 0.6 is 12.2 Å². The Bertz CT molecular complexity index is 1370. The first-order valence-corrected chi connectivity index (χ1v) is 11.0. The molecule has 0 bridgehead atoms. The van der Waals surface area contributed by atoms with Gasteiger partial charge in [-0.2, -0.15) is 0 Å². The van der Waals surface area contributed by atoms with Gasteiger partial charge in [-0.25, -0.2) is 9.59 Å². The van der Waals surface area contributed by atoms with Gasteiger partial charge in [-0.3, -0.25) is 4.98 Å². The standard InChI is InChI=1S/C25H19N3O6S/c29-23(30)15-10-14(11-16(12-15)24(31)32)19-6-7-20(34-19)22-21(18-5-1-2-8-26-18)27-25(35)28(22)13-17-4-3-9-33-17/h1-12,21-22H,13H2,(H,27,35)(H,29,30)(H,31,32)/t21-,22-/m1/s1. The first kappa shape index (κ1) is 22.4. The zero-order chi connectivity index (χ0) is 24.5. The number of rotatable bonds is 7. The number of carboxylic acids is 2. The Morgan fingerprint density at radius 2 is 1.80 bits per heavy atom. The van der Waals surface area contributed by atoms with E-state index in [1.165, 1.54) is 12.1 Å². The molecule has 35 heavy (non-hydrogen) atoms. The maximum absolute atomic E-state index is 11.5. The van der Waals surface area contributed by atoms with E-state index >= 15 is 0 Å². The lowest BCUT2D eigenvalue weighted by atomic mass is 10.0. The molecule has 0 radical (unpaired) electrons. The fraction of sp³-hybridized carbons (Fsp3) is 0.120. The van der Waals surface area contributed by atoms with Gasteiger partial charge in [-0.1, -0.05) is 6.07 Å². The molecule has 4 aromatic rings. The van der Waals surface area contributed by atoms with Crippen LogP contribution in [0.5, 0.6) is 0 Å². The number of nitrogens with zero attached hydrogens (tertiary/aromatic N) is 2. The van der Waals surface area contributed by atoms with Crippen LogP contribution in [-0.4, -0.2) is 37.1 Å². The van der Waals surface area contributed by atoms with Gasteiger partial charge in [0.05, 0.1) is 35.7 Å². The average Bonchev–Trinajstić information content (AvgIpc) is 3.61. The van der Waals surface area contributed by atoms with Crippen LogP contribution in [0.2, 0.25) is 0 Å². The molecule has 0 aliphatic carbocycles. The number of benzene rings is 1. The Labute approximate surface area is 204 Å². The van der Waals surface area contributed by atoms with E-state index in [0.717, 1.165) is 11.8 Å². The highest BCUT2D eigenvalue weighted by Crippen LogP contribution is 2.41. The number of hydrogen-bond acceptors (Lipinski definition) is 6. The first-order chi connectivity index (χ1) is 16.9. The number of aromatic carboxylic acids is 2. The second-order valence-corrected chi connectivity index (χ2v) is 8.33. The van der Waals surface area contributed by atoms with Crippen molar-refractivity contribution in [2.75, 3.05) is 0 Å². The third kappa shape index (κ3) is 4.38. The number of nitrogens with one attached hydrogen (secondary N) is 1. The zero-order valence-corrected chi connectivity index (χ0v) is 18.9. The minimum absolute atomic E-state index is 0.146. The summed E-state index contributed by atoms with van der Waals surface area (Å²) in [6.07, 6.45) is 3.29. The van der Waals surface area contributed by atoms with Crippen LogP contribution in [0.1, 0.15) is 50.0 Å². The molecule has 0 spiro atoms. The maximum Gasteiger partial charge on any atom is 0.335 e. The summed E-state index contributed by atoms with van der Waals surface area (Å²) in [4.78, 5) is 29.5. The van der Waals surface area contributed by atoms with Crippen molar-refractivity contribution in [3.63, 3.8) is 0 Å². The molecule has 0 unspecified atom stereocenters. The van der Waals surface area contributed by atoms with Gasteiger partial charge in [0.1, 0.15) is 23.3 Å². The second kappa shape index (κ2) is 9.07. The number of carbonyl (C=O) groups is 2.